The Labute approximate surface area is 232 Å². The average molecular weight is 567 g/mol. The Bertz CT molecular complexity index is 785. The molecule has 0 spiro atoms. The van der Waals surface area contributed by atoms with Gasteiger partial charge in [0.1, 0.15) is 0 Å². The zero-order chi connectivity index (χ0) is 31.8. The molecule has 2 rings (SSSR count). The molecule has 0 saturated carbocycles. The van der Waals surface area contributed by atoms with Crippen molar-refractivity contribution in [1.82, 2.24) is 10.2 Å². The van der Waals surface area contributed by atoms with Crippen molar-refractivity contribution >= 4 is 5.91 Å². The van der Waals surface area contributed by atoms with Crippen LogP contribution >= 0.6 is 0 Å². The van der Waals surface area contributed by atoms with Crippen LogP contribution in [0.3, 0.4) is 0 Å². The third kappa shape index (κ3) is 19.9. The minimum atomic E-state index is -4.92. The molecule has 0 atom stereocenters. The zero-order valence-electron chi connectivity index (χ0n) is 25.0. The average Bonchev–Trinajstić information content (AvgIpc) is 2.92. The topological polar surface area (TPSA) is 32.3 Å². The molecule has 1 aliphatic heterocycles. The third-order valence-corrected chi connectivity index (χ3v) is 4.70. The minimum Gasteiger partial charge on any atom is -0.342 e. The summed E-state index contributed by atoms with van der Waals surface area (Å²) in [5.74, 6) is -0.501. The van der Waals surface area contributed by atoms with Gasteiger partial charge in [0.25, 0.3) is 0 Å². The smallest absolute Gasteiger partial charge is 0.342 e. The SMILES string of the molecule is C#C.C=CC=C(C)C.CC.CC.CC.CN(C(=O)Cc1cc(C(F)(F)F)cc(C(F)(F)F)c1)C1CCNCC1. The molecule has 1 aromatic carbocycles. The van der Waals surface area contributed by atoms with E-state index in [1.165, 1.54) is 17.5 Å². The maximum absolute atomic E-state index is 12.9. The number of allylic oxidation sites excluding steroid dienone is 3. The highest BCUT2D eigenvalue weighted by molar-refractivity contribution is 5.79. The molecule has 1 aliphatic rings. The van der Waals surface area contributed by atoms with E-state index >= 15 is 0 Å². The fraction of sp³-hybridized carbons (Fsp3) is 0.567. The number of halogens is 6. The van der Waals surface area contributed by atoms with Gasteiger partial charge >= 0.3 is 12.4 Å². The van der Waals surface area contributed by atoms with Crippen molar-refractivity contribution in [2.45, 2.75) is 93.0 Å². The quantitative estimate of drug-likeness (QED) is 0.224. The van der Waals surface area contributed by atoms with E-state index in [9.17, 15) is 31.1 Å². The van der Waals surface area contributed by atoms with Crippen molar-refractivity contribution in [3.05, 3.63) is 59.2 Å². The predicted octanol–water partition coefficient (Wildman–Crippen LogP) is 8.94. The van der Waals surface area contributed by atoms with Gasteiger partial charge in [0.2, 0.25) is 5.91 Å². The zero-order valence-corrected chi connectivity index (χ0v) is 25.0. The van der Waals surface area contributed by atoms with Crippen LogP contribution in [0.5, 0.6) is 0 Å². The Morgan fingerprint density at radius 2 is 1.31 bits per heavy atom. The number of benzene rings is 1. The summed E-state index contributed by atoms with van der Waals surface area (Å²) in [5, 5.41) is 3.12. The molecule has 1 heterocycles. The van der Waals surface area contributed by atoms with E-state index in [2.05, 4.69) is 24.7 Å². The highest BCUT2D eigenvalue weighted by atomic mass is 19.4. The Hall–Kier alpha value is -2.73. The van der Waals surface area contributed by atoms with Crippen molar-refractivity contribution in [2.24, 2.45) is 0 Å². The van der Waals surface area contributed by atoms with Crippen LogP contribution in [0.25, 0.3) is 0 Å². The van der Waals surface area contributed by atoms with E-state index in [1.54, 1.807) is 6.08 Å². The van der Waals surface area contributed by atoms with E-state index in [0.717, 1.165) is 0 Å². The Morgan fingerprint density at radius 1 is 0.923 bits per heavy atom. The van der Waals surface area contributed by atoms with Gasteiger partial charge in [0.15, 0.2) is 0 Å². The fourth-order valence-corrected chi connectivity index (χ4v) is 3.05. The summed E-state index contributed by atoms with van der Waals surface area (Å²) < 4.78 is 77.1. The molecule has 39 heavy (non-hydrogen) atoms. The molecular weight excluding hydrogens is 518 g/mol. The van der Waals surface area contributed by atoms with Gasteiger partial charge in [-0.3, -0.25) is 4.79 Å². The summed E-state index contributed by atoms with van der Waals surface area (Å²) in [6.07, 6.45) is 2.81. The minimum absolute atomic E-state index is 0.0600. The molecule has 1 fully saturated rings. The summed E-state index contributed by atoms with van der Waals surface area (Å²) in [6, 6.07) is 1.19. The lowest BCUT2D eigenvalue weighted by molar-refractivity contribution is -0.143. The van der Waals surface area contributed by atoms with Crippen LogP contribution in [0.1, 0.15) is 84.9 Å². The molecule has 9 heteroatoms. The fourth-order valence-electron chi connectivity index (χ4n) is 3.05. The predicted molar refractivity (Wildman–Crippen MR) is 152 cm³/mol. The van der Waals surface area contributed by atoms with Crippen molar-refractivity contribution < 1.29 is 31.1 Å². The van der Waals surface area contributed by atoms with Gasteiger partial charge < -0.3 is 10.2 Å². The number of nitrogens with one attached hydrogen (secondary N) is 1. The number of carbonyl (C=O) groups is 1. The van der Waals surface area contributed by atoms with Crippen LogP contribution in [0.2, 0.25) is 0 Å². The van der Waals surface area contributed by atoms with Gasteiger partial charge in [0.05, 0.1) is 17.5 Å². The number of hydrogen-bond acceptors (Lipinski definition) is 2. The van der Waals surface area contributed by atoms with Gasteiger partial charge in [-0.2, -0.15) is 26.3 Å². The molecule has 1 N–H and O–H groups in total. The lowest BCUT2D eigenvalue weighted by Gasteiger charge is -2.31. The first-order valence-electron chi connectivity index (χ1n) is 13.1. The molecular formula is C30H48F6N2O. The molecule has 1 aromatic rings. The Kier molecular flexibility index (Phi) is 27.0. The first kappa shape index (κ1) is 43.3. The number of terminal acetylenes is 1. The molecule has 1 saturated heterocycles. The van der Waals surface area contributed by atoms with Gasteiger partial charge in [-0.1, -0.05) is 65.8 Å². The number of piperidine rings is 1. The number of carbonyl (C=O) groups excluding carboxylic acids is 1. The summed E-state index contributed by atoms with van der Waals surface area (Å²) in [7, 11) is 1.52. The Morgan fingerprint density at radius 3 is 1.59 bits per heavy atom. The van der Waals surface area contributed by atoms with Crippen LogP contribution in [0.4, 0.5) is 26.3 Å². The third-order valence-electron chi connectivity index (χ3n) is 4.70. The van der Waals surface area contributed by atoms with Crippen LogP contribution < -0.4 is 5.32 Å². The van der Waals surface area contributed by atoms with Gasteiger partial charge in [-0.15, -0.1) is 12.8 Å². The maximum atomic E-state index is 12.9. The molecule has 1 amide bonds. The highest BCUT2D eigenvalue weighted by Crippen LogP contribution is 2.36. The van der Waals surface area contributed by atoms with Gasteiger partial charge in [0, 0.05) is 13.1 Å². The lowest BCUT2D eigenvalue weighted by Crippen LogP contribution is -2.44. The highest BCUT2D eigenvalue weighted by Gasteiger charge is 2.37. The standard InChI is InChI=1S/C16H18F6N2O.C6H10.3C2H6.C2H2/c1-24(13-2-4-23-5-3-13)14(25)8-10-6-11(15(17,18)19)9-12(7-10)16(20,21)22;1-4-5-6(2)3;4*1-2/h6-7,9,13,23H,2-5,8H2,1H3;4-5H,1H2,2-3H3;3*1-2H3;1-2H. The second-order valence-corrected chi connectivity index (χ2v) is 7.56. The molecule has 0 aromatic heterocycles. The second-order valence-electron chi connectivity index (χ2n) is 7.56. The first-order valence-corrected chi connectivity index (χ1v) is 13.1. The number of rotatable bonds is 4. The van der Waals surface area contributed by atoms with E-state index in [1.807, 2.05) is 61.5 Å². The molecule has 0 radical (unpaired) electrons. The largest absolute Gasteiger partial charge is 0.416 e. The monoisotopic (exact) mass is 566 g/mol. The van der Waals surface area contributed by atoms with Crippen LogP contribution in [-0.2, 0) is 23.6 Å². The molecule has 3 nitrogen and oxygen atoms in total. The summed E-state index contributed by atoms with van der Waals surface area (Å²) in [4.78, 5) is 13.7. The molecule has 0 unspecified atom stereocenters. The number of likely N-dealkylation sites (N-methyl/N-ethyl adjacent to an activating group) is 1. The number of hydrogen-bond donors (Lipinski definition) is 1. The second kappa shape index (κ2) is 24.3. The van der Waals surface area contributed by atoms with Crippen LogP contribution in [0.15, 0.2) is 42.5 Å². The van der Waals surface area contributed by atoms with Crippen molar-refractivity contribution in [2.75, 3.05) is 20.1 Å². The Balaban J connectivity index is -0.000000370. The lowest BCUT2D eigenvalue weighted by atomic mass is 10.0. The number of alkyl halides is 6. The molecule has 0 bridgehead atoms. The maximum Gasteiger partial charge on any atom is 0.416 e. The number of amides is 1. The number of nitrogens with zero attached hydrogens (tertiary/aromatic N) is 1. The summed E-state index contributed by atoms with van der Waals surface area (Å²) >= 11 is 0. The summed E-state index contributed by atoms with van der Waals surface area (Å²) in [6.45, 7) is 21.0. The van der Waals surface area contributed by atoms with E-state index < -0.39 is 35.8 Å². The van der Waals surface area contributed by atoms with E-state index in [0.29, 0.717) is 38.1 Å². The normalized spacial score (nSPS) is 12.3. The van der Waals surface area contributed by atoms with Crippen molar-refractivity contribution in [3.8, 4) is 12.8 Å². The van der Waals surface area contributed by atoms with E-state index in [-0.39, 0.29) is 17.7 Å². The van der Waals surface area contributed by atoms with Crippen molar-refractivity contribution in [1.29, 1.82) is 0 Å². The van der Waals surface area contributed by atoms with Crippen molar-refractivity contribution in [3.63, 3.8) is 0 Å². The van der Waals surface area contributed by atoms with Crippen LogP contribution in [-0.4, -0.2) is 37.0 Å². The molecule has 0 aliphatic carbocycles. The first-order chi connectivity index (χ1) is 18.3. The van der Waals surface area contributed by atoms with Gasteiger partial charge in [-0.05, 0) is 63.5 Å². The van der Waals surface area contributed by atoms with E-state index in [4.69, 9.17) is 0 Å². The molecule has 226 valence electrons. The summed E-state index contributed by atoms with van der Waals surface area (Å²) in [5.41, 5.74) is -1.82. The van der Waals surface area contributed by atoms with Gasteiger partial charge in [-0.25, -0.2) is 0 Å². The van der Waals surface area contributed by atoms with Crippen LogP contribution in [0, 0.1) is 12.8 Å².